The molecule has 0 unspecified atom stereocenters. The van der Waals surface area contributed by atoms with Crippen LogP contribution in [0.3, 0.4) is 0 Å². The van der Waals surface area contributed by atoms with Gasteiger partial charge in [0, 0.05) is 49.9 Å². The van der Waals surface area contributed by atoms with E-state index >= 15 is 0 Å². The monoisotopic (exact) mass is 402 g/mol. The van der Waals surface area contributed by atoms with Crippen molar-refractivity contribution in [2.24, 2.45) is 0 Å². The van der Waals surface area contributed by atoms with E-state index in [9.17, 15) is 4.79 Å². The highest BCUT2D eigenvalue weighted by Gasteiger charge is 2.28. The number of carbonyl (C=O) groups is 1. The molecule has 1 aromatic heterocycles. The zero-order chi connectivity index (χ0) is 20.8. The summed E-state index contributed by atoms with van der Waals surface area (Å²) in [6.07, 6.45) is 6.13. The van der Waals surface area contributed by atoms with Crippen LogP contribution in [0.4, 0.5) is 0 Å². The minimum Gasteiger partial charge on any atom is -0.497 e. The predicted octanol–water partition coefficient (Wildman–Crippen LogP) is 4.20. The molecule has 1 fully saturated rings. The smallest absolute Gasteiger partial charge is 0.256 e. The molecule has 0 bridgehead atoms. The molecule has 3 rings (SSSR count). The Morgan fingerprint density at radius 1 is 1.07 bits per heavy atom. The van der Waals surface area contributed by atoms with Crippen LogP contribution in [0.5, 0.6) is 5.75 Å². The molecule has 1 amide bonds. The summed E-state index contributed by atoms with van der Waals surface area (Å²) in [5.41, 5.74) is 2.94. The van der Waals surface area contributed by atoms with E-state index < -0.39 is 0 Å². The Morgan fingerprint density at radius 3 is 2.31 bits per heavy atom. The van der Waals surface area contributed by atoms with E-state index in [2.05, 4.69) is 17.6 Å². The van der Waals surface area contributed by atoms with E-state index in [4.69, 9.17) is 14.2 Å². The Hall–Kier alpha value is -2.05. The quantitative estimate of drug-likeness (QED) is 0.631. The van der Waals surface area contributed by atoms with Crippen LogP contribution < -0.4 is 4.74 Å². The molecule has 1 saturated carbocycles. The van der Waals surface area contributed by atoms with Gasteiger partial charge in [-0.1, -0.05) is 19.3 Å². The normalized spacial score (nSPS) is 15.0. The lowest BCUT2D eigenvalue weighted by Gasteiger charge is -2.26. The molecule has 0 atom stereocenters. The van der Waals surface area contributed by atoms with E-state index in [-0.39, 0.29) is 5.91 Å². The van der Waals surface area contributed by atoms with Crippen LogP contribution >= 0.6 is 0 Å². The van der Waals surface area contributed by atoms with Crippen molar-refractivity contribution in [2.75, 3.05) is 47.6 Å². The van der Waals surface area contributed by atoms with Crippen molar-refractivity contribution in [1.82, 2.24) is 9.47 Å². The fourth-order valence-corrected chi connectivity index (χ4v) is 4.50. The summed E-state index contributed by atoms with van der Waals surface area (Å²) < 4.78 is 18.3. The molecular weight excluding hydrogens is 368 g/mol. The van der Waals surface area contributed by atoms with Gasteiger partial charge in [0.15, 0.2) is 0 Å². The SMILES string of the molecule is COCCN(CCOC)C(=O)c1c(C)n(C2CCCCC2)c2ccc(OC)cc12. The molecule has 29 heavy (non-hydrogen) atoms. The number of hydrogen-bond donors (Lipinski definition) is 0. The second-order valence-corrected chi connectivity index (χ2v) is 7.78. The number of benzene rings is 1. The molecular formula is C23H34N2O4. The molecule has 1 aliphatic carbocycles. The second-order valence-electron chi connectivity index (χ2n) is 7.78. The zero-order valence-electron chi connectivity index (χ0n) is 18.2. The van der Waals surface area contributed by atoms with Gasteiger partial charge >= 0.3 is 0 Å². The van der Waals surface area contributed by atoms with Crippen molar-refractivity contribution in [2.45, 2.75) is 45.1 Å². The summed E-state index contributed by atoms with van der Waals surface area (Å²) in [5, 5.41) is 0.970. The fourth-order valence-electron chi connectivity index (χ4n) is 4.50. The maximum absolute atomic E-state index is 13.6. The fraction of sp³-hybridized carbons (Fsp3) is 0.609. The molecule has 0 N–H and O–H groups in total. The summed E-state index contributed by atoms with van der Waals surface area (Å²) in [6.45, 7) is 4.16. The average molecular weight is 403 g/mol. The molecule has 6 heteroatoms. The number of fused-ring (bicyclic) bond motifs is 1. The summed E-state index contributed by atoms with van der Waals surface area (Å²) in [6, 6.07) is 6.54. The van der Waals surface area contributed by atoms with Gasteiger partial charge in [0.25, 0.3) is 5.91 Å². The first-order valence-electron chi connectivity index (χ1n) is 10.6. The zero-order valence-corrected chi connectivity index (χ0v) is 18.2. The van der Waals surface area contributed by atoms with Crippen LogP contribution in [0.25, 0.3) is 10.9 Å². The third kappa shape index (κ3) is 4.59. The number of nitrogens with zero attached hydrogens (tertiary/aromatic N) is 2. The molecule has 2 aromatic rings. The first kappa shape index (κ1) is 21.7. The Labute approximate surface area is 173 Å². The topological polar surface area (TPSA) is 52.9 Å². The molecule has 1 aliphatic rings. The van der Waals surface area contributed by atoms with Crippen LogP contribution in [0.15, 0.2) is 18.2 Å². The number of carbonyl (C=O) groups excluding carboxylic acids is 1. The summed E-state index contributed by atoms with van der Waals surface area (Å²) in [4.78, 5) is 15.5. The molecule has 1 aromatic carbocycles. The largest absolute Gasteiger partial charge is 0.497 e. The van der Waals surface area contributed by atoms with Crippen molar-refractivity contribution >= 4 is 16.8 Å². The number of methoxy groups -OCH3 is 3. The number of ether oxygens (including phenoxy) is 3. The Kier molecular flexibility index (Phi) is 7.56. The van der Waals surface area contributed by atoms with Crippen molar-refractivity contribution < 1.29 is 19.0 Å². The highest BCUT2D eigenvalue weighted by Crippen LogP contribution is 2.37. The van der Waals surface area contributed by atoms with Gasteiger partial charge in [0.05, 0.1) is 25.9 Å². The summed E-state index contributed by atoms with van der Waals surface area (Å²) >= 11 is 0. The van der Waals surface area contributed by atoms with E-state index in [1.54, 1.807) is 21.3 Å². The van der Waals surface area contributed by atoms with E-state index in [0.717, 1.165) is 27.9 Å². The molecule has 0 saturated heterocycles. The first-order chi connectivity index (χ1) is 14.1. The van der Waals surface area contributed by atoms with Crippen LogP contribution in [0.1, 0.15) is 54.2 Å². The third-order valence-electron chi connectivity index (χ3n) is 6.03. The third-order valence-corrected chi connectivity index (χ3v) is 6.03. The molecule has 160 valence electrons. The van der Waals surface area contributed by atoms with Gasteiger partial charge in [-0.05, 0) is 38.0 Å². The van der Waals surface area contributed by atoms with Gasteiger partial charge in [0.1, 0.15) is 5.75 Å². The number of aromatic nitrogens is 1. The van der Waals surface area contributed by atoms with Gasteiger partial charge in [-0.2, -0.15) is 0 Å². The van der Waals surface area contributed by atoms with Gasteiger partial charge in [0.2, 0.25) is 0 Å². The van der Waals surface area contributed by atoms with Gasteiger partial charge in [-0.25, -0.2) is 0 Å². The van der Waals surface area contributed by atoms with Crippen molar-refractivity contribution in [1.29, 1.82) is 0 Å². The van der Waals surface area contributed by atoms with Gasteiger partial charge in [-0.15, -0.1) is 0 Å². The Bertz CT molecular complexity index is 816. The highest BCUT2D eigenvalue weighted by molar-refractivity contribution is 6.08. The van der Waals surface area contributed by atoms with E-state index in [0.29, 0.717) is 32.3 Å². The maximum atomic E-state index is 13.6. The molecule has 0 aliphatic heterocycles. The lowest BCUT2D eigenvalue weighted by molar-refractivity contribution is 0.0628. The van der Waals surface area contributed by atoms with Crippen LogP contribution in [-0.2, 0) is 9.47 Å². The predicted molar refractivity (Wildman–Crippen MR) is 115 cm³/mol. The highest BCUT2D eigenvalue weighted by atomic mass is 16.5. The molecule has 6 nitrogen and oxygen atoms in total. The number of amides is 1. The minimum atomic E-state index is 0.0319. The average Bonchev–Trinajstić information content (AvgIpc) is 3.04. The van der Waals surface area contributed by atoms with Crippen LogP contribution in [0, 0.1) is 6.92 Å². The van der Waals surface area contributed by atoms with Crippen LogP contribution in [0.2, 0.25) is 0 Å². The first-order valence-corrected chi connectivity index (χ1v) is 10.6. The van der Waals surface area contributed by atoms with E-state index in [1.165, 1.54) is 32.1 Å². The van der Waals surface area contributed by atoms with Crippen molar-refractivity contribution in [3.63, 3.8) is 0 Å². The van der Waals surface area contributed by atoms with Crippen LogP contribution in [-0.4, -0.2) is 63.0 Å². The second kappa shape index (κ2) is 10.1. The van der Waals surface area contributed by atoms with E-state index in [1.807, 2.05) is 17.0 Å². The number of hydrogen-bond acceptors (Lipinski definition) is 4. The molecule has 0 radical (unpaired) electrons. The van der Waals surface area contributed by atoms with Gasteiger partial charge < -0.3 is 23.7 Å². The Balaban J connectivity index is 2.08. The van der Waals surface area contributed by atoms with Gasteiger partial charge in [-0.3, -0.25) is 4.79 Å². The molecule has 0 spiro atoms. The summed E-state index contributed by atoms with van der Waals surface area (Å²) in [5.74, 6) is 0.803. The standard InChI is InChI=1S/C23H34N2O4/c1-17-22(23(26)24(12-14-27-2)13-15-28-3)20-16-19(29-4)10-11-21(20)25(17)18-8-6-5-7-9-18/h10-11,16,18H,5-9,12-15H2,1-4H3. The maximum Gasteiger partial charge on any atom is 0.256 e. The molecule has 1 heterocycles. The number of rotatable bonds is 9. The van der Waals surface area contributed by atoms with Crippen molar-refractivity contribution in [3.8, 4) is 5.75 Å². The van der Waals surface area contributed by atoms with Crippen molar-refractivity contribution in [3.05, 3.63) is 29.5 Å². The summed E-state index contributed by atoms with van der Waals surface area (Å²) in [7, 11) is 4.98. The minimum absolute atomic E-state index is 0.0319. The lowest BCUT2D eigenvalue weighted by Crippen LogP contribution is -2.36. The Morgan fingerprint density at radius 2 is 1.72 bits per heavy atom. The lowest BCUT2D eigenvalue weighted by atomic mass is 9.95.